The van der Waals surface area contributed by atoms with Gasteiger partial charge in [0.1, 0.15) is 0 Å². The van der Waals surface area contributed by atoms with E-state index in [2.05, 4.69) is 59.1 Å². The maximum absolute atomic E-state index is 3.72. The molecule has 1 aliphatic rings. The second kappa shape index (κ2) is 5.43. The van der Waals surface area contributed by atoms with E-state index in [1.807, 2.05) is 0 Å². The number of benzene rings is 1. The standard InChI is InChI=1S/C15H22BrN/c1-13-6-5-7-14(10-13)17(2)12-15(11-16)8-3-4-9-15/h5-7,10H,3-4,8-9,11-12H2,1-2H3. The number of hydrogen-bond acceptors (Lipinski definition) is 1. The Morgan fingerprint density at radius 3 is 2.59 bits per heavy atom. The van der Waals surface area contributed by atoms with E-state index in [-0.39, 0.29) is 0 Å². The normalized spacial score (nSPS) is 18.3. The predicted molar refractivity (Wildman–Crippen MR) is 79.1 cm³/mol. The van der Waals surface area contributed by atoms with Crippen molar-refractivity contribution in [3.05, 3.63) is 29.8 Å². The van der Waals surface area contributed by atoms with Crippen LogP contribution in [0.1, 0.15) is 31.2 Å². The first kappa shape index (κ1) is 12.9. The summed E-state index contributed by atoms with van der Waals surface area (Å²) in [6.07, 6.45) is 5.53. The highest BCUT2D eigenvalue weighted by atomic mass is 79.9. The first-order valence-electron chi connectivity index (χ1n) is 6.49. The van der Waals surface area contributed by atoms with Gasteiger partial charge >= 0.3 is 0 Å². The molecule has 1 aliphatic carbocycles. The molecule has 0 spiro atoms. The predicted octanol–water partition coefficient (Wildman–Crippen LogP) is 4.39. The zero-order valence-electron chi connectivity index (χ0n) is 10.9. The van der Waals surface area contributed by atoms with Crippen LogP contribution in [0.3, 0.4) is 0 Å². The van der Waals surface area contributed by atoms with Crippen molar-refractivity contribution in [3.63, 3.8) is 0 Å². The summed E-state index contributed by atoms with van der Waals surface area (Å²) in [4.78, 5) is 2.42. The minimum Gasteiger partial charge on any atom is -0.374 e. The van der Waals surface area contributed by atoms with Crippen molar-refractivity contribution < 1.29 is 0 Å². The fourth-order valence-corrected chi connectivity index (χ4v) is 3.66. The van der Waals surface area contributed by atoms with Gasteiger partial charge in [-0.1, -0.05) is 40.9 Å². The Morgan fingerprint density at radius 2 is 2.00 bits per heavy atom. The summed E-state index contributed by atoms with van der Waals surface area (Å²) in [7, 11) is 2.22. The largest absolute Gasteiger partial charge is 0.374 e. The van der Waals surface area contributed by atoms with Crippen LogP contribution in [0.15, 0.2) is 24.3 Å². The van der Waals surface area contributed by atoms with Gasteiger partial charge in [-0.25, -0.2) is 0 Å². The zero-order chi connectivity index (χ0) is 12.3. The Morgan fingerprint density at radius 1 is 1.29 bits per heavy atom. The number of alkyl halides is 1. The summed E-state index contributed by atoms with van der Waals surface area (Å²) in [6, 6.07) is 8.80. The molecule has 0 unspecified atom stereocenters. The Kier molecular flexibility index (Phi) is 4.13. The van der Waals surface area contributed by atoms with Crippen molar-refractivity contribution in [1.29, 1.82) is 0 Å². The van der Waals surface area contributed by atoms with Crippen molar-refractivity contribution in [2.24, 2.45) is 5.41 Å². The van der Waals surface area contributed by atoms with Gasteiger partial charge in [0.05, 0.1) is 0 Å². The molecule has 94 valence electrons. The van der Waals surface area contributed by atoms with Gasteiger partial charge < -0.3 is 4.90 Å². The summed E-state index contributed by atoms with van der Waals surface area (Å²) in [5.41, 5.74) is 3.18. The first-order valence-corrected chi connectivity index (χ1v) is 7.61. The Balaban J connectivity index is 2.07. The van der Waals surface area contributed by atoms with E-state index < -0.39 is 0 Å². The van der Waals surface area contributed by atoms with Crippen LogP contribution in [0.5, 0.6) is 0 Å². The maximum atomic E-state index is 3.72. The number of hydrogen-bond donors (Lipinski definition) is 0. The fourth-order valence-electron chi connectivity index (χ4n) is 2.92. The highest BCUT2D eigenvalue weighted by Crippen LogP contribution is 2.40. The summed E-state index contributed by atoms with van der Waals surface area (Å²) in [5, 5.41) is 1.14. The van der Waals surface area contributed by atoms with Crippen LogP contribution < -0.4 is 4.90 Å². The number of anilines is 1. The SMILES string of the molecule is Cc1cccc(N(C)CC2(CBr)CCCC2)c1. The number of rotatable bonds is 4. The van der Waals surface area contributed by atoms with Crippen LogP contribution in [-0.4, -0.2) is 18.9 Å². The molecular formula is C15H22BrN. The molecule has 2 rings (SSSR count). The smallest absolute Gasteiger partial charge is 0.0366 e. The molecule has 1 nitrogen and oxygen atoms in total. The lowest BCUT2D eigenvalue weighted by Gasteiger charge is -2.33. The van der Waals surface area contributed by atoms with Gasteiger partial charge in [-0.05, 0) is 42.9 Å². The summed E-state index contributed by atoms with van der Waals surface area (Å²) < 4.78 is 0. The summed E-state index contributed by atoms with van der Waals surface area (Å²) in [6.45, 7) is 3.33. The lowest BCUT2D eigenvalue weighted by molar-refractivity contribution is 0.356. The lowest BCUT2D eigenvalue weighted by Crippen LogP contribution is -2.35. The molecule has 1 aromatic rings. The molecule has 0 saturated heterocycles. The van der Waals surface area contributed by atoms with Gasteiger partial charge in [-0.15, -0.1) is 0 Å². The Labute approximate surface area is 113 Å². The summed E-state index contributed by atoms with van der Waals surface area (Å²) >= 11 is 3.72. The topological polar surface area (TPSA) is 3.24 Å². The van der Waals surface area contributed by atoms with Gasteiger partial charge in [0.2, 0.25) is 0 Å². The van der Waals surface area contributed by atoms with Gasteiger partial charge in [-0.2, -0.15) is 0 Å². The number of nitrogens with zero attached hydrogens (tertiary/aromatic N) is 1. The average Bonchev–Trinajstić information content (AvgIpc) is 2.78. The average molecular weight is 296 g/mol. The molecule has 0 heterocycles. The molecule has 1 aromatic carbocycles. The molecule has 0 aromatic heterocycles. The van der Waals surface area contributed by atoms with E-state index in [1.165, 1.54) is 43.5 Å². The van der Waals surface area contributed by atoms with E-state index in [0.29, 0.717) is 5.41 Å². The lowest BCUT2D eigenvalue weighted by atomic mass is 9.88. The molecule has 0 N–H and O–H groups in total. The quantitative estimate of drug-likeness (QED) is 0.745. The fraction of sp³-hybridized carbons (Fsp3) is 0.600. The van der Waals surface area contributed by atoms with Crippen molar-refractivity contribution in [1.82, 2.24) is 0 Å². The van der Waals surface area contributed by atoms with Crippen LogP contribution in [0, 0.1) is 12.3 Å². The summed E-state index contributed by atoms with van der Waals surface area (Å²) in [5.74, 6) is 0. The molecule has 0 radical (unpaired) electrons. The molecule has 0 aliphatic heterocycles. The number of halogens is 1. The second-order valence-corrected chi connectivity index (χ2v) is 6.10. The van der Waals surface area contributed by atoms with Gasteiger partial charge in [0, 0.05) is 24.6 Å². The van der Waals surface area contributed by atoms with E-state index in [0.717, 1.165) is 5.33 Å². The number of aryl methyl sites for hydroxylation is 1. The van der Waals surface area contributed by atoms with E-state index in [4.69, 9.17) is 0 Å². The Hall–Kier alpha value is -0.500. The monoisotopic (exact) mass is 295 g/mol. The molecule has 17 heavy (non-hydrogen) atoms. The van der Waals surface area contributed by atoms with Gasteiger partial charge in [-0.3, -0.25) is 0 Å². The first-order chi connectivity index (χ1) is 8.15. The van der Waals surface area contributed by atoms with Crippen LogP contribution in [0.4, 0.5) is 5.69 Å². The van der Waals surface area contributed by atoms with E-state index in [9.17, 15) is 0 Å². The molecule has 1 fully saturated rings. The third-order valence-electron chi connectivity index (χ3n) is 3.96. The molecule has 2 heteroatoms. The third kappa shape index (κ3) is 3.04. The highest BCUT2D eigenvalue weighted by Gasteiger charge is 2.33. The minimum absolute atomic E-state index is 0.499. The minimum atomic E-state index is 0.499. The molecule has 1 saturated carbocycles. The van der Waals surface area contributed by atoms with Crippen LogP contribution in [0.2, 0.25) is 0 Å². The van der Waals surface area contributed by atoms with Crippen molar-refractivity contribution in [2.45, 2.75) is 32.6 Å². The van der Waals surface area contributed by atoms with Crippen LogP contribution in [0.25, 0.3) is 0 Å². The Bertz CT molecular complexity index is 369. The van der Waals surface area contributed by atoms with E-state index in [1.54, 1.807) is 0 Å². The van der Waals surface area contributed by atoms with Crippen LogP contribution >= 0.6 is 15.9 Å². The maximum Gasteiger partial charge on any atom is 0.0366 e. The van der Waals surface area contributed by atoms with Gasteiger partial charge in [0.25, 0.3) is 0 Å². The third-order valence-corrected chi connectivity index (χ3v) is 5.15. The molecule has 0 amide bonds. The van der Waals surface area contributed by atoms with Crippen molar-refractivity contribution in [3.8, 4) is 0 Å². The zero-order valence-corrected chi connectivity index (χ0v) is 12.5. The molecule has 0 bridgehead atoms. The second-order valence-electron chi connectivity index (χ2n) is 5.54. The molecular weight excluding hydrogens is 274 g/mol. The van der Waals surface area contributed by atoms with Gasteiger partial charge in [0.15, 0.2) is 0 Å². The highest BCUT2D eigenvalue weighted by molar-refractivity contribution is 9.09. The van der Waals surface area contributed by atoms with E-state index >= 15 is 0 Å². The van der Waals surface area contributed by atoms with Crippen molar-refractivity contribution in [2.75, 3.05) is 23.8 Å². The van der Waals surface area contributed by atoms with Crippen molar-refractivity contribution >= 4 is 21.6 Å². The van der Waals surface area contributed by atoms with Crippen LogP contribution in [-0.2, 0) is 0 Å². The molecule has 0 atom stereocenters.